The van der Waals surface area contributed by atoms with E-state index in [1.54, 1.807) is 6.92 Å². The number of aromatic nitrogens is 3. The molecule has 0 radical (unpaired) electrons. The molecule has 11 heteroatoms. The summed E-state index contributed by atoms with van der Waals surface area (Å²) in [5, 5.41) is 12.3. The van der Waals surface area contributed by atoms with Gasteiger partial charge in [-0.25, -0.2) is 18.7 Å². The minimum atomic E-state index is -2.66. The third-order valence-corrected chi connectivity index (χ3v) is 7.42. The average Bonchev–Trinajstić information content (AvgIpc) is 3.58. The summed E-state index contributed by atoms with van der Waals surface area (Å²) in [6, 6.07) is 3.92. The second-order valence-electron chi connectivity index (χ2n) is 10.8. The summed E-state index contributed by atoms with van der Waals surface area (Å²) in [6.45, 7) is 6.23. The standard InChI is InChI=1S/C27H31F2N5O4/c1-14-21(26(37)33-19-9-34(20(36)10-35)12-27(19,2)3)23-24(32-14)22(30-13-31-23)17-8-16(25(28)29)6-7-18(17)38-11-15-4-5-15/h6-8,13,15,19,25,32,35H,4-5,9-12H2,1-3H3,(H,33,37). The third kappa shape index (κ3) is 4.94. The molecule has 1 atom stereocenters. The fourth-order valence-electron chi connectivity index (χ4n) is 4.99. The van der Waals surface area contributed by atoms with Gasteiger partial charge in [-0.1, -0.05) is 13.8 Å². The van der Waals surface area contributed by atoms with Crippen molar-refractivity contribution in [3.63, 3.8) is 0 Å². The number of amides is 2. The molecule has 1 aliphatic heterocycles. The fraction of sp³-hybridized carbons (Fsp3) is 0.481. The Hall–Kier alpha value is -3.60. The van der Waals surface area contributed by atoms with E-state index in [-0.39, 0.29) is 30.0 Å². The SMILES string of the molecule is Cc1[nH]c2c(-c3cc(C(F)F)ccc3OCC3CC3)ncnc2c1C(=O)NC1CN(C(=O)CO)CC1(C)C. The number of aromatic amines is 1. The lowest BCUT2D eigenvalue weighted by atomic mass is 9.87. The summed E-state index contributed by atoms with van der Waals surface area (Å²) in [4.78, 5) is 39.0. The smallest absolute Gasteiger partial charge is 0.263 e. The Morgan fingerprint density at radius 3 is 2.74 bits per heavy atom. The highest BCUT2D eigenvalue weighted by molar-refractivity contribution is 6.09. The molecule has 0 bridgehead atoms. The van der Waals surface area contributed by atoms with Gasteiger partial charge in [0.2, 0.25) is 5.91 Å². The number of aryl methyl sites for hydroxylation is 1. The minimum absolute atomic E-state index is 0.155. The summed E-state index contributed by atoms with van der Waals surface area (Å²) >= 11 is 0. The minimum Gasteiger partial charge on any atom is -0.493 e. The Kier molecular flexibility index (Phi) is 6.81. The summed E-state index contributed by atoms with van der Waals surface area (Å²) < 4.78 is 33.2. The number of benzene rings is 1. The highest BCUT2D eigenvalue weighted by Gasteiger charge is 2.42. The van der Waals surface area contributed by atoms with E-state index in [1.165, 1.54) is 29.4 Å². The molecular weight excluding hydrogens is 496 g/mol. The van der Waals surface area contributed by atoms with Gasteiger partial charge >= 0.3 is 0 Å². The highest BCUT2D eigenvalue weighted by atomic mass is 19.3. The van der Waals surface area contributed by atoms with E-state index in [9.17, 15) is 23.5 Å². The van der Waals surface area contributed by atoms with Crippen LogP contribution in [0.5, 0.6) is 5.75 Å². The molecule has 2 fully saturated rings. The lowest BCUT2D eigenvalue weighted by Gasteiger charge is -2.26. The summed E-state index contributed by atoms with van der Waals surface area (Å²) in [6.07, 6.45) is 0.811. The van der Waals surface area contributed by atoms with Crippen LogP contribution < -0.4 is 10.1 Å². The van der Waals surface area contributed by atoms with E-state index in [0.717, 1.165) is 12.8 Å². The number of carbonyl (C=O) groups excluding carboxylic acids is 2. The number of ether oxygens (including phenoxy) is 1. The van der Waals surface area contributed by atoms with Crippen LogP contribution in [0.1, 0.15) is 54.7 Å². The number of alkyl halides is 2. The van der Waals surface area contributed by atoms with Crippen LogP contribution in [0.2, 0.25) is 0 Å². The molecule has 9 nitrogen and oxygen atoms in total. The second-order valence-corrected chi connectivity index (χ2v) is 10.8. The molecule has 1 aromatic carbocycles. The number of aliphatic hydroxyl groups is 1. The Balaban J connectivity index is 1.50. The average molecular weight is 528 g/mol. The van der Waals surface area contributed by atoms with Crippen LogP contribution in [0.4, 0.5) is 8.78 Å². The van der Waals surface area contributed by atoms with E-state index in [2.05, 4.69) is 20.3 Å². The quantitative estimate of drug-likeness (QED) is 0.412. The molecule has 1 aliphatic carbocycles. The summed E-state index contributed by atoms with van der Waals surface area (Å²) in [5.74, 6) is 0.151. The van der Waals surface area contributed by atoms with Crippen molar-refractivity contribution in [1.82, 2.24) is 25.2 Å². The van der Waals surface area contributed by atoms with Gasteiger partial charge in [0, 0.05) is 35.3 Å². The van der Waals surface area contributed by atoms with E-state index < -0.39 is 18.4 Å². The van der Waals surface area contributed by atoms with Gasteiger partial charge in [0.05, 0.1) is 23.7 Å². The van der Waals surface area contributed by atoms with Crippen molar-refractivity contribution in [3.05, 3.63) is 41.3 Å². The van der Waals surface area contributed by atoms with Crippen molar-refractivity contribution in [2.24, 2.45) is 11.3 Å². The molecule has 3 N–H and O–H groups in total. The largest absolute Gasteiger partial charge is 0.493 e. The van der Waals surface area contributed by atoms with Crippen LogP contribution in [0.25, 0.3) is 22.3 Å². The number of hydrogen-bond donors (Lipinski definition) is 3. The maximum absolute atomic E-state index is 13.6. The first kappa shape index (κ1) is 26.0. The van der Waals surface area contributed by atoms with Gasteiger partial charge in [0.25, 0.3) is 12.3 Å². The van der Waals surface area contributed by atoms with Crippen molar-refractivity contribution >= 4 is 22.8 Å². The number of likely N-dealkylation sites (tertiary alicyclic amines) is 1. The molecule has 2 aliphatic rings. The normalized spacial score (nSPS) is 18.8. The lowest BCUT2D eigenvalue weighted by molar-refractivity contribution is -0.133. The van der Waals surface area contributed by atoms with Crippen molar-refractivity contribution in [1.29, 1.82) is 0 Å². The zero-order chi connectivity index (χ0) is 27.2. The molecule has 0 spiro atoms. The molecule has 38 heavy (non-hydrogen) atoms. The first-order valence-corrected chi connectivity index (χ1v) is 12.7. The van der Waals surface area contributed by atoms with E-state index in [0.29, 0.717) is 58.4 Å². The topological polar surface area (TPSA) is 120 Å². The van der Waals surface area contributed by atoms with Crippen LogP contribution in [0.15, 0.2) is 24.5 Å². The van der Waals surface area contributed by atoms with Crippen LogP contribution in [0, 0.1) is 18.3 Å². The Morgan fingerprint density at radius 2 is 2.05 bits per heavy atom. The number of fused-ring (bicyclic) bond motifs is 1. The number of hydrogen-bond acceptors (Lipinski definition) is 6. The molecular formula is C27H31F2N5O4. The van der Waals surface area contributed by atoms with Crippen molar-refractivity contribution in [2.75, 3.05) is 26.3 Å². The van der Waals surface area contributed by atoms with Gasteiger partial charge in [0.15, 0.2) is 0 Å². The van der Waals surface area contributed by atoms with Crippen LogP contribution in [-0.2, 0) is 4.79 Å². The Morgan fingerprint density at radius 1 is 1.29 bits per heavy atom. The van der Waals surface area contributed by atoms with E-state index >= 15 is 0 Å². The predicted molar refractivity (Wildman–Crippen MR) is 136 cm³/mol. The second kappa shape index (κ2) is 9.94. The highest BCUT2D eigenvalue weighted by Crippen LogP contribution is 2.38. The first-order valence-electron chi connectivity index (χ1n) is 12.7. The molecule has 1 unspecified atom stereocenters. The third-order valence-electron chi connectivity index (χ3n) is 7.42. The van der Waals surface area contributed by atoms with Gasteiger partial charge in [-0.15, -0.1) is 0 Å². The van der Waals surface area contributed by atoms with E-state index in [4.69, 9.17) is 4.74 Å². The molecule has 1 saturated heterocycles. The zero-order valence-corrected chi connectivity index (χ0v) is 21.6. The predicted octanol–water partition coefficient (Wildman–Crippen LogP) is 3.62. The molecule has 1 saturated carbocycles. The number of carbonyl (C=O) groups is 2. The number of nitrogens with one attached hydrogen (secondary N) is 2. The number of halogens is 2. The van der Waals surface area contributed by atoms with Gasteiger partial charge < -0.3 is 25.0 Å². The fourth-order valence-corrected chi connectivity index (χ4v) is 4.99. The molecule has 3 aromatic rings. The number of aliphatic hydroxyl groups excluding tert-OH is 1. The lowest BCUT2D eigenvalue weighted by Crippen LogP contribution is -2.44. The first-order chi connectivity index (χ1) is 18.1. The summed E-state index contributed by atoms with van der Waals surface area (Å²) in [7, 11) is 0. The van der Waals surface area contributed by atoms with Crippen molar-refractivity contribution in [2.45, 2.75) is 46.1 Å². The van der Waals surface area contributed by atoms with Crippen molar-refractivity contribution < 1.29 is 28.2 Å². The van der Waals surface area contributed by atoms with Gasteiger partial charge in [-0.3, -0.25) is 9.59 Å². The Labute approximate surface area is 218 Å². The monoisotopic (exact) mass is 527 g/mol. The zero-order valence-electron chi connectivity index (χ0n) is 21.6. The molecule has 3 heterocycles. The maximum atomic E-state index is 13.6. The molecule has 202 valence electrons. The van der Waals surface area contributed by atoms with Gasteiger partial charge in [0.1, 0.15) is 29.9 Å². The van der Waals surface area contributed by atoms with Crippen molar-refractivity contribution in [3.8, 4) is 17.0 Å². The number of nitrogens with zero attached hydrogens (tertiary/aromatic N) is 3. The van der Waals surface area contributed by atoms with Crippen LogP contribution in [0.3, 0.4) is 0 Å². The van der Waals surface area contributed by atoms with Gasteiger partial charge in [-0.2, -0.15) is 0 Å². The summed E-state index contributed by atoms with van der Waals surface area (Å²) in [5.41, 5.74) is 1.87. The molecule has 2 aromatic heterocycles. The van der Waals surface area contributed by atoms with E-state index in [1.807, 2.05) is 13.8 Å². The number of rotatable bonds is 8. The Bertz CT molecular complexity index is 1390. The van der Waals surface area contributed by atoms with Gasteiger partial charge in [-0.05, 0) is 43.9 Å². The molecule has 5 rings (SSSR count). The van der Waals surface area contributed by atoms with Crippen LogP contribution >= 0.6 is 0 Å². The molecule has 2 amide bonds. The number of H-pyrrole nitrogens is 1. The maximum Gasteiger partial charge on any atom is 0.263 e. The van der Waals surface area contributed by atoms with Crippen LogP contribution in [-0.4, -0.2) is 69.1 Å².